The van der Waals surface area contributed by atoms with Crippen LogP contribution in [0.3, 0.4) is 0 Å². The van der Waals surface area contributed by atoms with Crippen molar-refractivity contribution in [2.45, 2.75) is 18.5 Å². The predicted octanol–water partition coefficient (Wildman–Crippen LogP) is 3.56. The molecule has 3 rings (SSSR count). The van der Waals surface area contributed by atoms with Gasteiger partial charge >= 0.3 is 0 Å². The fourth-order valence-corrected chi connectivity index (χ4v) is 3.35. The molecule has 0 saturated heterocycles. The van der Waals surface area contributed by atoms with Crippen LogP contribution in [0.5, 0.6) is 11.5 Å². The number of nitrogens with one attached hydrogen (secondary N) is 1. The van der Waals surface area contributed by atoms with E-state index in [1.54, 1.807) is 14.2 Å². The smallest absolute Gasteiger partial charge is 0.189 e. The van der Waals surface area contributed by atoms with E-state index in [9.17, 15) is 0 Å². The van der Waals surface area contributed by atoms with Crippen LogP contribution in [0.2, 0.25) is 0 Å². The van der Waals surface area contributed by atoms with Crippen LogP contribution < -0.4 is 20.5 Å². The molecule has 0 bridgehead atoms. The van der Waals surface area contributed by atoms with Gasteiger partial charge < -0.3 is 20.5 Å². The zero-order valence-electron chi connectivity index (χ0n) is 13.6. The quantitative estimate of drug-likeness (QED) is 0.838. The predicted molar refractivity (Wildman–Crippen MR) is 98.5 cm³/mol. The van der Waals surface area contributed by atoms with Gasteiger partial charge in [-0.2, -0.15) is 0 Å². The maximum Gasteiger partial charge on any atom is 0.189 e. The molecule has 1 aliphatic rings. The summed E-state index contributed by atoms with van der Waals surface area (Å²) in [5.41, 5.74) is 8.25. The summed E-state index contributed by atoms with van der Waals surface area (Å²) in [6.45, 7) is 0. The van der Waals surface area contributed by atoms with Gasteiger partial charge in [0.15, 0.2) is 17.5 Å². The Balaban J connectivity index is 1.89. The molecule has 1 aliphatic heterocycles. The van der Waals surface area contributed by atoms with Crippen LogP contribution >= 0.6 is 15.9 Å². The summed E-state index contributed by atoms with van der Waals surface area (Å²) < 4.78 is 11.7. The van der Waals surface area contributed by atoms with E-state index in [1.165, 1.54) is 0 Å². The first kappa shape index (κ1) is 16.6. The van der Waals surface area contributed by atoms with Gasteiger partial charge in [-0.05, 0) is 41.8 Å². The van der Waals surface area contributed by atoms with E-state index in [0.717, 1.165) is 22.0 Å². The highest BCUT2D eigenvalue weighted by atomic mass is 79.9. The van der Waals surface area contributed by atoms with Crippen LogP contribution in [0, 0.1) is 0 Å². The molecule has 0 aliphatic carbocycles. The van der Waals surface area contributed by atoms with Crippen LogP contribution in [0.25, 0.3) is 0 Å². The number of ether oxygens (including phenoxy) is 2. The van der Waals surface area contributed by atoms with E-state index >= 15 is 0 Å². The monoisotopic (exact) mass is 389 g/mol. The Hall–Kier alpha value is -2.21. The zero-order chi connectivity index (χ0) is 17.1. The Morgan fingerprint density at radius 1 is 1.08 bits per heavy atom. The third-order valence-corrected chi connectivity index (χ3v) is 4.61. The summed E-state index contributed by atoms with van der Waals surface area (Å²) in [6, 6.07) is 14.2. The molecule has 0 amide bonds. The minimum absolute atomic E-state index is 0.0156. The molecule has 0 spiro atoms. The standard InChI is InChI=1S/C18H20BrN3O2/c1-23-16-7-6-12(9-17(16)24-2)15-10-14(21-18(20)22-15)11-4-3-5-13(19)8-11/h3-9,14-15H,10H2,1-2H3,(H3,20,21,22). The second-order valence-electron chi connectivity index (χ2n) is 5.63. The van der Waals surface area contributed by atoms with E-state index in [1.807, 2.05) is 30.3 Å². The first-order chi connectivity index (χ1) is 11.6. The van der Waals surface area contributed by atoms with E-state index in [2.05, 4.69) is 38.4 Å². The summed E-state index contributed by atoms with van der Waals surface area (Å²) in [6.07, 6.45) is 0.812. The first-order valence-electron chi connectivity index (χ1n) is 7.68. The molecular weight excluding hydrogens is 370 g/mol. The van der Waals surface area contributed by atoms with Gasteiger partial charge in [-0.15, -0.1) is 0 Å². The van der Waals surface area contributed by atoms with E-state index in [0.29, 0.717) is 17.5 Å². The molecule has 5 nitrogen and oxygen atoms in total. The summed E-state index contributed by atoms with van der Waals surface area (Å²) in [7, 11) is 3.26. The zero-order valence-corrected chi connectivity index (χ0v) is 15.2. The van der Waals surface area contributed by atoms with Crippen molar-refractivity contribution in [1.29, 1.82) is 0 Å². The number of halogens is 1. The van der Waals surface area contributed by atoms with Gasteiger partial charge in [0.05, 0.1) is 26.3 Å². The van der Waals surface area contributed by atoms with Crippen LogP contribution in [-0.2, 0) is 0 Å². The lowest BCUT2D eigenvalue weighted by molar-refractivity contribution is 0.353. The lowest BCUT2D eigenvalue weighted by Crippen LogP contribution is -2.39. The molecular formula is C18H20BrN3O2. The van der Waals surface area contributed by atoms with Crippen molar-refractivity contribution in [2.24, 2.45) is 10.7 Å². The van der Waals surface area contributed by atoms with Crippen LogP contribution in [0.15, 0.2) is 51.9 Å². The number of nitrogens with zero attached hydrogens (tertiary/aromatic N) is 1. The highest BCUT2D eigenvalue weighted by molar-refractivity contribution is 9.10. The Bertz CT molecular complexity index is 764. The van der Waals surface area contributed by atoms with Crippen LogP contribution in [0.4, 0.5) is 0 Å². The van der Waals surface area contributed by atoms with E-state index in [-0.39, 0.29) is 12.1 Å². The van der Waals surface area contributed by atoms with Gasteiger partial charge in [0.1, 0.15) is 0 Å². The molecule has 2 atom stereocenters. The molecule has 0 radical (unpaired) electrons. The minimum Gasteiger partial charge on any atom is -0.493 e. The normalized spacial score (nSPS) is 20.0. The number of hydrogen-bond donors (Lipinski definition) is 2. The first-order valence-corrected chi connectivity index (χ1v) is 8.47. The highest BCUT2D eigenvalue weighted by Gasteiger charge is 2.25. The van der Waals surface area contributed by atoms with Crippen molar-refractivity contribution in [3.63, 3.8) is 0 Å². The maximum absolute atomic E-state index is 6.03. The number of methoxy groups -OCH3 is 2. The summed E-state index contributed by atoms with van der Waals surface area (Å²) in [4.78, 5) is 4.55. The molecule has 2 aromatic rings. The average Bonchev–Trinajstić information content (AvgIpc) is 2.60. The number of guanidine groups is 1. The van der Waals surface area contributed by atoms with Gasteiger partial charge in [0.2, 0.25) is 0 Å². The summed E-state index contributed by atoms with van der Waals surface area (Å²) in [5.74, 6) is 1.87. The Labute approximate surface area is 150 Å². The van der Waals surface area contributed by atoms with Crippen LogP contribution in [0.1, 0.15) is 29.6 Å². The maximum atomic E-state index is 6.03. The second kappa shape index (κ2) is 7.13. The number of benzene rings is 2. The molecule has 0 fully saturated rings. The number of hydrogen-bond acceptors (Lipinski definition) is 5. The highest BCUT2D eigenvalue weighted by Crippen LogP contribution is 2.36. The molecule has 2 unspecified atom stereocenters. The molecule has 2 aromatic carbocycles. The van der Waals surface area contributed by atoms with Gasteiger partial charge in [-0.25, -0.2) is 4.99 Å². The van der Waals surface area contributed by atoms with Gasteiger partial charge in [-0.3, -0.25) is 0 Å². The van der Waals surface area contributed by atoms with Gasteiger partial charge in [0.25, 0.3) is 0 Å². The van der Waals surface area contributed by atoms with E-state index < -0.39 is 0 Å². The fourth-order valence-electron chi connectivity index (χ4n) is 2.93. The number of rotatable bonds is 4. The van der Waals surface area contributed by atoms with Crippen LogP contribution in [-0.4, -0.2) is 20.2 Å². The molecule has 0 aromatic heterocycles. The molecule has 1 heterocycles. The van der Waals surface area contributed by atoms with Gasteiger partial charge in [-0.1, -0.05) is 34.1 Å². The van der Waals surface area contributed by atoms with Crippen molar-refractivity contribution in [3.8, 4) is 11.5 Å². The topological polar surface area (TPSA) is 68.9 Å². The second-order valence-corrected chi connectivity index (χ2v) is 6.55. The summed E-state index contributed by atoms with van der Waals surface area (Å²) >= 11 is 3.51. The fraction of sp³-hybridized carbons (Fsp3) is 0.278. The van der Waals surface area contributed by atoms with E-state index in [4.69, 9.17) is 15.2 Å². The molecule has 6 heteroatoms. The molecule has 0 saturated carbocycles. The van der Waals surface area contributed by atoms with Crippen molar-refractivity contribution in [2.75, 3.05) is 14.2 Å². The Morgan fingerprint density at radius 2 is 1.88 bits per heavy atom. The largest absolute Gasteiger partial charge is 0.493 e. The van der Waals surface area contributed by atoms with Gasteiger partial charge in [0, 0.05) is 4.47 Å². The lowest BCUT2D eigenvalue weighted by Gasteiger charge is -2.29. The number of aliphatic imine (C=N–C) groups is 1. The molecule has 24 heavy (non-hydrogen) atoms. The average molecular weight is 390 g/mol. The Kier molecular flexibility index (Phi) is 4.94. The van der Waals surface area contributed by atoms with Crippen molar-refractivity contribution in [3.05, 3.63) is 58.1 Å². The molecule has 126 valence electrons. The minimum atomic E-state index is 0.0156. The Morgan fingerprint density at radius 3 is 2.58 bits per heavy atom. The third kappa shape index (κ3) is 3.48. The summed E-state index contributed by atoms with van der Waals surface area (Å²) in [5, 5.41) is 3.26. The van der Waals surface area contributed by atoms with Crippen molar-refractivity contribution in [1.82, 2.24) is 5.32 Å². The lowest BCUT2D eigenvalue weighted by atomic mass is 9.93. The third-order valence-electron chi connectivity index (χ3n) is 4.12. The van der Waals surface area contributed by atoms with Crippen molar-refractivity contribution >= 4 is 21.9 Å². The number of nitrogens with two attached hydrogens (primary N) is 1. The molecule has 3 N–H and O–H groups in total. The van der Waals surface area contributed by atoms with Crippen molar-refractivity contribution < 1.29 is 9.47 Å². The SMILES string of the molecule is COc1ccc(C2CC(c3cccc(Br)c3)N=C(N)N2)cc1OC.